The summed E-state index contributed by atoms with van der Waals surface area (Å²) in [7, 11) is 1.21. The van der Waals surface area contributed by atoms with Crippen LogP contribution in [-0.4, -0.2) is 71.6 Å². The molecule has 9 heteroatoms. The minimum Gasteiger partial charge on any atom is -0.444 e. The lowest BCUT2D eigenvalue weighted by Gasteiger charge is -2.32. The number of amides is 2. The molecule has 0 atom stereocenters. The van der Waals surface area contributed by atoms with Crippen LogP contribution in [0.3, 0.4) is 0 Å². The second-order valence-corrected chi connectivity index (χ2v) is 12.1. The van der Waals surface area contributed by atoms with Gasteiger partial charge in [0.05, 0.1) is 11.2 Å². The zero-order valence-electron chi connectivity index (χ0n) is 23.4. The molecule has 0 bridgehead atoms. The molecule has 0 N–H and O–H groups in total. The topological polar surface area (TPSA) is 77.5 Å². The van der Waals surface area contributed by atoms with Gasteiger partial charge in [-0.15, -0.1) is 0 Å². The molecule has 0 spiro atoms. The molecule has 1 aromatic carbocycles. The number of rotatable bonds is 6. The fourth-order valence-electron chi connectivity index (χ4n) is 3.24. The van der Waals surface area contributed by atoms with E-state index in [1.165, 1.54) is 4.90 Å². The third-order valence-corrected chi connectivity index (χ3v) is 5.94. The van der Waals surface area contributed by atoms with Crippen LogP contribution in [0.2, 0.25) is 0 Å². The Bertz CT molecular complexity index is 871. The first kappa shape index (κ1) is 29.0. The summed E-state index contributed by atoms with van der Waals surface area (Å²) in [4.78, 5) is 28.3. The average molecular weight is 490 g/mol. The van der Waals surface area contributed by atoms with Gasteiger partial charge in [-0.05, 0) is 80.3 Å². The first-order valence-electron chi connectivity index (χ1n) is 12.2. The van der Waals surface area contributed by atoms with Crippen molar-refractivity contribution in [1.29, 1.82) is 0 Å². The lowest BCUT2D eigenvalue weighted by atomic mass is 9.79. The molecule has 8 nitrogen and oxygen atoms in total. The van der Waals surface area contributed by atoms with Gasteiger partial charge in [-0.25, -0.2) is 9.59 Å². The minimum atomic E-state index is -0.632. The third kappa shape index (κ3) is 8.42. The highest BCUT2D eigenvalue weighted by Crippen LogP contribution is 2.36. The fraction of sp³-hybridized carbons (Fsp3) is 0.692. The Morgan fingerprint density at radius 3 is 1.74 bits per heavy atom. The Labute approximate surface area is 211 Å². The van der Waals surface area contributed by atoms with Crippen LogP contribution in [0.15, 0.2) is 24.3 Å². The van der Waals surface area contributed by atoms with Crippen molar-refractivity contribution < 1.29 is 28.4 Å². The zero-order chi connectivity index (χ0) is 26.8. The highest BCUT2D eigenvalue weighted by atomic mass is 16.7. The molecule has 2 amide bonds. The lowest BCUT2D eigenvalue weighted by molar-refractivity contribution is 0.00578. The summed E-state index contributed by atoms with van der Waals surface area (Å²) in [6, 6.07) is 7.82. The number of hydrogen-bond donors (Lipinski definition) is 0. The highest BCUT2D eigenvalue weighted by molar-refractivity contribution is 6.62. The van der Waals surface area contributed by atoms with Crippen LogP contribution in [0.4, 0.5) is 9.59 Å². The van der Waals surface area contributed by atoms with Crippen molar-refractivity contribution in [3.05, 3.63) is 29.8 Å². The maximum atomic E-state index is 12.9. The number of hydrogen-bond acceptors (Lipinski definition) is 6. The van der Waals surface area contributed by atoms with E-state index in [2.05, 4.69) is 0 Å². The largest absolute Gasteiger partial charge is 0.494 e. The van der Waals surface area contributed by atoms with Gasteiger partial charge < -0.3 is 28.6 Å². The number of benzene rings is 1. The van der Waals surface area contributed by atoms with Crippen LogP contribution < -0.4 is 5.46 Å². The summed E-state index contributed by atoms with van der Waals surface area (Å²) >= 11 is 0. The van der Waals surface area contributed by atoms with Gasteiger partial charge in [0.2, 0.25) is 0 Å². The number of carbonyl (C=O) groups excluding carboxylic acids is 2. The summed E-state index contributed by atoms with van der Waals surface area (Å²) in [6.45, 7) is 20.0. The van der Waals surface area contributed by atoms with E-state index in [1.54, 1.807) is 11.9 Å². The van der Waals surface area contributed by atoms with Crippen LogP contribution in [0, 0.1) is 0 Å². The van der Waals surface area contributed by atoms with Gasteiger partial charge in [-0.1, -0.05) is 24.3 Å². The molecule has 1 heterocycles. The van der Waals surface area contributed by atoms with Crippen molar-refractivity contribution in [1.82, 2.24) is 9.80 Å². The smallest absolute Gasteiger partial charge is 0.444 e. The Balaban J connectivity index is 2.10. The predicted molar refractivity (Wildman–Crippen MR) is 138 cm³/mol. The molecule has 35 heavy (non-hydrogen) atoms. The molecule has 1 aromatic rings. The zero-order valence-corrected chi connectivity index (χ0v) is 23.4. The Morgan fingerprint density at radius 1 is 0.829 bits per heavy atom. The molecule has 0 aliphatic carbocycles. The molecule has 1 aliphatic heterocycles. The quantitative estimate of drug-likeness (QED) is 0.543. The summed E-state index contributed by atoms with van der Waals surface area (Å²) in [5, 5.41) is 0. The van der Waals surface area contributed by atoms with Gasteiger partial charge in [0.15, 0.2) is 0 Å². The number of likely N-dealkylation sites (N-methyl/N-ethyl adjacent to an activating group) is 1. The Kier molecular flexibility index (Phi) is 8.60. The van der Waals surface area contributed by atoms with Crippen molar-refractivity contribution in [2.24, 2.45) is 0 Å². The lowest BCUT2D eigenvalue weighted by Crippen LogP contribution is -2.42. The van der Waals surface area contributed by atoms with Crippen LogP contribution in [0.25, 0.3) is 0 Å². The molecule has 0 saturated carbocycles. The Morgan fingerprint density at radius 2 is 1.29 bits per heavy atom. The van der Waals surface area contributed by atoms with Gasteiger partial charge in [0, 0.05) is 26.7 Å². The van der Waals surface area contributed by atoms with E-state index in [1.807, 2.05) is 93.5 Å². The van der Waals surface area contributed by atoms with Crippen LogP contribution >= 0.6 is 0 Å². The molecule has 1 saturated heterocycles. The van der Waals surface area contributed by atoms with Crippen molar-refractivity contribution >= 4 is 24.8 Å². The van der Waals surface area contributed by atoms with E-state index < -0.39 is 41.7 Å². The maximum absolute atomic E-state index is 12.9. The third-order valence-electron chi connectivity index (χ3n) is 5.94. The van der Waals surface area contributed by atoms with Gasteiger partial charge in [0.25, 0.3) is 0 Å². The average Bonchev–Trinajstić information content (AvgIpc) is 2.89. The number of carbonyl (C=O) groups is 2. The van der Waals surface area contributed by atoms with E-state index in [0.717, 1.165) is 11.0 Å². The summed E-state index contributed by atoms with van der Waals surface area (Å²) in [5.41, 5.74) is -0.201. The van der Waals surface area contributed by atoms with E-state index in [-0.39, 0.29) is 0 Å². The van der Waals surface area contributed by atoms with Crippen LogP contribution in [-0.2, 0) is 25.3 Å². The molecular weight excluding hydrogens is 447 g/mol. The SMILES string of the molecule is CN(CCN(Cc1ccc(B2OC(C)(C)C(C)(C)O2)cc1)C(=O)OC(C)(C)C)C(=O)OC(C)(C)C. The summed E-state index contributed by atoms with van der Waals surface area (Å²) < 4.78 is 23.3. The highest BCUT2D eigenvalue weighted by Gasteiger charge is 2.51. The molecule has 1 fully saturated rings. The second kappa shape index (κ2) is 10.4. The van der Waals surface area contributed by atoms with Crippen molar-refractivity contribution in [2.75, 3.05) is 20.1 Å². The van der Waals surface area contributed by atoms with Crippen LogP contribution in [0.1, 0.15) is 74.8 Å². The molecule has 0 unspecified atom stereocenters. The Hall–Kier alpha value is -2.26. The van der Waals surface area contributed by atoms with Gasteiger partial charge in [-0.3, -0.25) is 0 Å². The van der Waals surface area contributed by atoms with E-state index in [0.29, 0.717) is 19.6 Å². The van der Waals surface area contributed by atoms with Crippen molar-refractivity contribution in [2.45, 2.75) is 98.2 Å². The monoisotopic (exact) mass is 490 g/mol. The van der Waals surface area contributed by atoms with Crippen molar-refractivity contribution in [3.8, 4) is 0 Å². The molecule has 2 rings (SSSR count). The molecular formula is C26H43BN2O6. The minimum absolute atomic E-state index is 0.295. The molecule has 0 aromatic heterocycles. The van der Waals surface area contributed by atoms with E-state index in [4.69, 9.17) is 18.8 Å². The van der Waals surface area contributed by atoms with E-state index >= 15 is 0 Å². The maximum Gasteiger partial charge on any atom is 0.494 e. The van der Waals surface area contributed by atoms with Gasteiger partial charge >= 0.3 is 19.3 Å². The summed E-state index contributed by atoms with van der Waals surface area (Å²) in [6.07, 6.45) is -0.876. The first-order chi connectivity index (χ1) is 15.8. The fourth-order valence-corrected chi connectivity index (χ4v) is 3.24. The van der Waals surface area contributed by atoms with Gasteiger partial charge in [-0.2, -0.15) is 0 Å². The molecule has 1 aliphatic rings. The number of nitrogens with zero attached hydrogens (tertiary/aromatic N) is 2. The second-order valence-electron chi connectivity index (χ2n) is 12.1. The number of ether oxygens (including phenoxy) is 2. The predicted octanol–water partition coefficient (Wildman–Crippen LogP) is 4.59. The van der Waals surface area contributed by atoms with Crippen LogP contribution in [0.5, 0.6) is 0 Å². The van der Waals surface area contributed by atoms with E-state index in [9.17, 15) is 9.59 Å². The first-order valence-corrected chi connectivity index (χ1v) is 12.2. The molecule has 0 radical (unpaired) electrons. The summed E-state index contributed by atoms with van der Waals surface area (Å²) in [5.74, 6) is 0. The molecule has 196 valence electrons. The van der Waals surface area contributed by atoms with Crippen molar-refractivity contribution in [3.63, 3.8) is 0 Å². The normalized spacial score (nSPS) is 17.2. The van der Waals surface area contributed by atoms with Gasteiger partial charge in [0.1, 0.15) is 11.2 Å². The standard InChI is InChI=1S/C26H43BN2O6/c1-23(2,3)32-21(30)28(11)16-17-29(22(31)33-24(4,5)6)18-19-12-14-20(15-13-19)27-34-25(7,8)26(9,10)35-27/h12-15H,16-18H2,1-11H3.